The van der Waals surface area contributed by atoms with Crippen LogP contribution >= 0.6 is 23.8 Å². The quantitative estimate of drug-likeness (QED) is 0.444. The summed E-state index contributed by atoms with van der Waals surface area (Å²) in [6.07, 6.45) is 1.72. The number of hydrogen-bond acceptors (Lipinski definition) is 4. The van der Waals surface area contributed by atoms with Crippen LogP contribution in [-0.4, -0.2) is 35.5 Å². The maximum atomic E-state index is 13.1. The van der Waals surface area contributed by atoms with Crippen LogP contribution < -0.4 is 4.90 Å². The average Bonchev–Trinajstić information content (AvgIpc) is 2.88. The number of nitrogens with zero attached hydrogens (tertiary/aromatic N) is 2. The molecule has 5 nitrogen and oxygen atoms in total. The van der Waals surface area contributed by atoms with Crippen molar-refractivity contribution in [2.24, 2.45) is 0 Å². The van der Waals surface area contributed by atoms with Gasteiger partial charge >= 0.3 is 5.97 Å². The molecule has 1 amide bonds. The Morgan fingerprint density at radius 1 is 1.15 bits per heavy atom. The second-order valence-corrected chi connectivity index (χ2v) is 6.80. The van der Waals surface area contributed by atoms with Gasteiger partial charge in [0, 0.05) is 5.02 Å². The van der Waals surface area contributed by atoms with Crippen molar-refractivity contribution in [3.8, 4) is 0 Å². The van der Waals surface area contributed by atoms with Crippen LogP contribution in [0.2, 0.25) is 5.02 Å². The lowest BCUT2D eigenvalue weighted by atomic mass is 10.1. The van der Waals surface area contributed by atoms with E-state index in [0.29, 0.717) is 16.4 Å². The third-order valence-electron chi connectivity index (χ3n) is 4.12. The molecule has 0 spiro atoms. The Balaban J connectivity index is 2.03. The van der Waals surface area contributed by atoms with Gasteiger partial charge in [0.2, 0.25) is 0 Å². The summed E-state index contributed by atoms with van der Waals surface area (Å²) in [5, 5.41) is 0.768. The number of thiocarbonyl (C=S) groups is 1. The molecule has 138 valence electrons. The van der Waals surface area contributed by atoms with Crippen molar-refractivity contribution in [2.75, 3.05) is 18.6 Å². The lowest BCUT2D eigenvalue weighted by Gasteiger charge is -2.19. The fourth-order valence-corrected chi connectivity index (χ4v) is 3.14. The maximum absolute atomic E-state index is 13.1. The molecule has 0 radical (unpaired) electrons. The molecule has 0 aliphatic carbocycles. The number of rotatable bonds is 4. The first-order valence-corrected chi connectivity index (χ1v) is 8.96. The van der Waals surface area contributed by atoms with Gasteiger partial charge in [-0.15, -0.1) is 0 Å². The number of aryl methyl sites for hydroxylation is 1. The zero-order valence-electron chi connectivity index (χ0n) is 14.8. The van der Waals surface area contributed by atoms with E-state index in [1.54, 1.807) is 30.3 Å². The summed E-state index contributed by atoms with van der Waals surface area (Å²) in [5.41, 5.74) is 2.83. The Morgan fingerprint density at radius 3 is 2.37 bits per heavy atom. The standard InChI is InChI=1S/C20H17ClN2O3S/c1-13-3-5-14(6-4-13)11-17-19(25)23(16-9-7-15(21)8-10-16)20(27)22(17)12-18(24)26-2/h3-11H,12H2,1-2H3. The zero-order chi connectivity index (χ0) is 19.6. The first-order chi connectivity index (χ1) is 12.9. The van der Waals surface area contributed by atoms with E-state index >= 15 is 0 Å². The highest BCUT2D eigenvalue weighted by atomic mass is 35.5. The first kappa shape index (κ1) is 19.1. The van der Waals surface area contributed by atoms with E-state index < -0.39 is 5.97 Å². The molecule has 3 rings (SSSR count). The van der Waals surface area contributed by atoms with E-state index in [1.165, 1.54) is 16.9 Å². The van der Waals surface area contributed by atoms with Crippen LogP contribution in [-0.2, 0) is 14.3 Å². The summed E-state index contributed by atoms with van der Waals surface area (Å²) in [6.45, 7) is 1.83. The monoisotopic (exact) mass is 400 g/mol. The molecule has 0 atom stereocenters. The van der Waals surface area contributed by atoms with E-state index in [1.807, 2.05) is 31.2 Å². The number of hydrogen-bond donors (Lipinski definition) is 0. The Hall–Kier alpha value is -2.70. The molecule has 1 fully saturated rings. The summed E-state index contributed by atoms with van der Waals surface area (Å²) < 4.78 is 4.75. The maximum Gasteiger partial charge on any atom is 0.325 e. The molecule has 0 unspecified atom stereocenters. The minimum atomic E-state index is -0.488. The molecule has 2 aromatic rings. The van der Waals surface area contributed by atoms with Crippen LogP contribution in [0.5, 0.6) is 0 Å². The lowest BCUT2D eigenvalue weighted by molar-refractivity contribution is -0.140. The van der Waals surface area contributed by atoms with Crippen molar-refractivity contribution >= 4 is 52.6 Å². The highest BCUT2D eigenvalue weighted by Gasteiger charge is 2.40. The van der Waals surface area contributed by atoms with Gasteiger partial charge in [0.1, 0.15) is 12.2 Å². The van der Waals surface area contributed by atoms with E-state index in [4.69, 9.17) is 28.6 Å². The lowest BCUT2D eigenvalue weighted by Crippen LogP contribution is -2.35. The second kappa shape index (κ2) is 7.90. The largest absolute Gasteiger partial charge is 0.468 e. The summed E-state index contributed by atoms with van der Waals surface area (Å²) in [4.78, 5) is 27.8. The normalized spacial score (nSPS) is 15.6. The molecule has 1 aliphatic heterocycles. The molecule has 1 heterocycles. The predicted molar refractivity (Wildman–Crippen MR) is 109 cm³/mol. The molecule has 2 aromatic carbocycles. The van der Waals surface area contributed by atoms with Gasteiger partial charge in [-0.05, 0) is 55.0 Å². The van der Waals surface area contributed by atoms with Crippen molar-refractivity contribution in [2.45, 2.75) is 6.92 Å². The highest BCUT2D eigenvalue weighted by molar-refractivity contribution is 7.80. The number of carbonyl (C=O) groups is 2. The summed E-state index contributed by atoms with van der Waals surface area (Å²) >= 11 is 11.4. The van der Waals surface area contributed by atoms with Crippen molar-refractivity contribution in [1.29, 1.82) is 0 Å². The van der Waals surface area contributed by atoms with Gasteiger partial charge in [-0.2, -0.15) is 0 Å². The molecular weight excluding hydrogens is 384 g/mol. The smallest absolute Gasteiger partial charge is 0.325 e. The zero-order valence-corrected chi connectivity index (χ0v) is 16.4. The van der Waals surface area contributed by atoms with Crippen molar-refractivity contribution in [3.63, 3.8) is 0 Å². The van der Waals surface area contributed by atoms with Crippen LogP contribution in [0.4, 0.5) is 5.69 Å². The van der Waals surface area contributed by atoms with Gasteiger partial charge < -0.3 is 9.64 Å². The van der Waals surface area contributed by atoms with Crippen molar-refractivity contribution in [1.82, 2.24) is 4.90 Å². The number of amides is 1. The Kier molecular flexibility index (Phi) is 5.58. The van der Waals surface area contributed by atoms with Gasteiger partial charge in [0.15, 0.2) is 5.11 Å². The number of ether oxygens (including phenoxy) is 1. The Labute approximate surface area is 167 Å². The summed E-state index contributed by atoms with van der Waals surface area (Å²) in [7, 11) is 1.30. The second-order valence-electron chi connectivity index (χ2n) is 6.00. The SMILES string of the molecule is COC(=O)CN1C(=S)N(c2ccc(Cl)cc2)C(=O)C1=Cc1ccc(C)cc1. The molecule has 27 heavy (non-hydrogen) atoms. The van der Waals surface area contributed by atoms with Crippen molar-refractivity contribution < 1.29 is 14.3 Å². The van der Waals surface area contributed by atoms with Gasteiger partial charge in [0.25, 0.3) is 5.91 Å². The fourth-order valence-electron chi connectivity index (χ4n) is 2.67. The molecule has 0 aromatic heterocycles. The van der Waals surface area contributed by atoms with Gasteiger partial charge in [-0.1, -0.05) is 41.4 Å². The van der Waals surface area contributed by atoms with Crippen LogP contribution in [0.1, 0.15) is 11.1 Å². The van der Waals surface area contributed by atoms with Crippen LogP contribution in [0.25, 0.3) is 6.08 Å². The minimum Gasteiger partial charge on any atom is -0.468 e. The first-order valence-electron chi connectivity index (χ1n) is 8.17. The van der Waals surface area contributed by atoms with E-state index in [9.17, 15) is 9.59 Å². The van der Waals surface area contributed by atoms with Crippen LogP contribution in [0, 0.1) is 6.92 Å². The summed E-state index contributed by atoms with van der Waals surface area (Å²) in [5.74, 6) is -0.801. The number of anilines is 1. The molecule has 7 heteroatoms. The van der Waals surface area contributed by atoms with Gasteiger partial charge in [0.05, 0.1) is 12.8 Å². The average molecular weight is 401 g/mol. The Morgan fingerprint density at radius 2 is 1.78 bits per heavy atom. The minimum absolute atomic E-state index is 0.150. The Bertz CT molecular complexity index is 923. The van der Waals surface area contributed by atoms with E-state index in [0.717, 1.165) is 11.1 Å². The fraction of sp³-hybridized carbons (Fsp3) is 0.150. The topological polar surface area (TPSA) is 49.9 Å². The van der Waals surface area contributed by atoms with E-state index in [2.05, 4.69) is 0 Å². The molecule has 1 saturated heterocycles. The van der Waals surface area contributed by atoms with Crippen LogP contribution in [0.15, 0.2) is 54.2 Å². The molecule has 1 aliphatic rings. The number of carbonyl (C=O) groups excluding carboxylic acids is 2. The number of methoxy groups -OCH3 is 1. The third kappa shape index (κ3) is 4.02. The molecular formula is C20H17ClN2O3S. The van der Waals surface area contributed by atoms with Crippen LogP contribution in [0.3, 0.4) is 0 Å². The van der Waals surface area contributed by atoms with Gasteiger partial charge in [-0.25, -0.2) is 0 Å². The summed E-state index contributed by atoms with van der Waals surface area (Å²) in [6, 6.07) is 14.5. The van der Waals surface area contributed by atoms with Crippen molar-refractivity contribution in [3.05, 3.63) is 70.4 Å². The van der Waals surface area contributed by atoms with E-state index in [-0.39, 0.29) is 17.6 Å². The number of halogens is 1. The predicted octanol–water partition coefficient (Wildman–Crippen LogP) is 3.80. The highest BCUT2D eigenvalue weighted by Crippen LogP contribution is 2.30. The molecule has 0 bridgehead atoms. The third-order valence-corrected chi connectivity index (χ3v) is 4.77. The number of esters is 1. The number of benzene rings is 2. The molecule has 0 N–H and O–H groups in total. The molecule has 0 saturated carbocycles. The van der Waals surface area contributed by atoms with Gasteiger partial charge in [-0.3, -0.25) is 14.5 Å².